The van der Waals surface area contributed by atoms with Crippen molar-refractivity contribution in [2.45, 2.75) is 45.7 Å². The highest BCUT2D eigenvalue weighted by Crippen LogP contribution is 2.20. The topological polar surface area (TPSA) is 159 Å². The molecule has 0 saturated heterocycles. The molecule has 2 atom stereocenters. The number of hydrogen-bond donors (Lipinski definition) is 5. The molecule has 6 N–H and O–H groups in total. The molecule has 0 saturated carbocycles. The van der Waals surface area contributed by atoms with Gasteiger partial charge in [0.15, 0.2) is 0 Å². The SMILES string of the molecule is CC(C)(C)CSCC(NC(=O)CCC(N)C(=O)O)C(=O)NCC(=O)O. The molecule has 0 heterocycles. The molecule has 0 aromatic rings. The largest absolute Gasteiger partial charge is 0.480 e. The minimum atomic E-state index is -1.20. The third-order valence-electron chi connectivity index (χ3n) is 2.88. The van der Waals surface area contributed by atoms with Crippen molar-refractivity contribution in [3.8, 4) is 0 Å². The van der Waals surface area contributed by atoms with Crippen molar-refractivity contribution in [2.24, 2.45) is 11.1 Å². The first-order valence-electron chi connectivity index (χ1n) is 7.77. The fourth-order valence-electron chi connectivity index (χ4n) is 1.63. The van der Waals surface area contributed by atoms with Gasteiger partial charge in [-0.2, -0.15) is 11.8 Å². The van der Waals surface area contributed by atoms with Gasteiger partial charge in [0.05, 0.1) is 0 Å². The van der Waals surface area contributed by atoms with Crippen LogP contribution in [0.1, 0.15) is 33.6 Å². The Morgan fingerprint density at radius 3 is 2.24 bits per heavy atom. The van der Waals surface area contributed by atoms with Gasteiger partial charge in [0.2, 0.25) is 11.8 Å². The van der Waals surface area contributed by atoms with E-state index < -0.39 is 42.4 Å². The van der Waals surface area contributed by atoms with Gasteiger partial charge >= 0.3 is 11.9 Å². The Morgan fingerprint density at radius 1 is 1.16 bits per heavy atom. The van der Waals surface area contributed by atoms with Crippen LogP contribution in [0, 0.1) is 5.41 Å². The molecule has 0 rings (SSSR count). The zero-order chi connectivity index (χ0) is 19.6. The van der Waals surface area contributed by atoms with Crippen molar-refractivity contribution in [3.05, 3.63) is 0 Å². The molecule has 0 radical (unpaired) electrons. The van der Waals surface area contributed by atoms with Crippen molar-refractivity contribution >= 4 is 35.5 Å². The monoisotopic (exact) mass is 377 g/mol. The van der Waals surface area contributed by atoms with Crippen molar-refractivity contribution in [1.82, 2.24) is 10.6 Å². The van der Waals surface area contributed by atoms with Gasteiger partial charge in [0.1, 0.15) is 18.6 Å². The van der Waals surface area contributed by atoms with Crippen LogP contribution in [0.4, 0.5) is 0 Å². The van der Waals surface area contributed by atoms with E-state index in [0.29, 0.717) is 0 Å². The number of carbonyl (C=O) groups excluding carboxylic acids is 2. The predicted octanol–water partition coefficient (Wildman–Crippen LogP) is -0.357. The molecule has 2 amide bonds. The molecule has 0 fully saturated rings. The lowest BCUT2D eigenvalue weighted by molar-refractivity contribution is -0.139. The molecule has 25 heavy (non-hydrogen) atoms. The third kappa shape index (κ3) is 12.2. The van der Waals surface area contributed by atoms with Crippen LogP contribution in [0.5, 0.6) is 0 Å². The van der Waals surface area contributed by atoms with E-state index in [2.05, 4.69) is 10.6 Å². The summed E-state index contributed by atoms with van der Waals surface area (Å²) in [5, 5.41) is 22.1. The zero-order valence-corrected chi connectivity index (χ0v) is 15.5. The highest BCUT2D eigenvalue weighted by molar-refractivity contribution is 7.99. The normalized spacial score (nSPS) is 13.6. The zero-order valence-electron chi connectivity index (χ0n) is 14.7. The maximum atomic E-state index is 12.1. The van der Waals surface area contributed by atoms with E-state index >= 15 is 0 Å². The van der Waals surface area contributed by atoms with Gasteiger partial charge in [0.25, 0.3) is 0 Å². The number of thioether (sulfide) groups is 1. The summed E-state index contributed by atoms with van der Waals surface area (Å²) < 4.78 is 0. The summed E-state index contributed by atoms with van der Waals surface area (Å²) in [5.41, 5.74) is 5.37. The molecule has 0 bridgehead atoms. The van der Waals surface area contributed by atoms with Gasteiger partial charge in [-0.15, -0.1) is 0 Å². The Labute approximate surface area is 151 Å². The summed E-state index contributed by atoms with van der Waals surface area (Å²) in [4.78, 5) is 45.2. The second-order valence-electron chi connectivity index (χ2n) is 6.79. The average Bonchev–Trinajstić information content (AvgIpc) is 2.47. The van der Waals surface area contributed by atoms with Crippen molar-refractivity contribution < 1.29 is 29.4 Å². The van der Waals surface area contributed by atoms with Crippen LogP contribution in [-0.4, -0.2) is 64.1 Å². The Hall–Kier alpha value is -1.81. The second-order valence-corrected chi connectivity index (χ2v) is 7.82. The van der Waals surface area contributed by atoms with Crippen LogP contribution in [-0.2, 0) is 19.2 Å². The predicted molar refractivity (Wildman–Crippen MR) is 94.2 cm³/mol. The number of nitrogens with one attached hydrogen (secondary N) is 2. The first-order valence-corrected chi connectivity index (χ1v) is 8.93. The molecule has 0 spiro atoms. The Morgan fingerprint density at radius 2 is 1.76 bits per heavy atom. The Balaban J connectivity index is 4.64. The first kappa shape index (κ1) is 23.2. The van der Waals surface area contributed by atoms with E-state index in [1.54, 1.807) is 0 Å². The molecular weight excluding hydrogens is 350 g/mol. The lowest BCUT2D eigenvalue weighted by Gasteiger charge is -2.21. The van der Waals surface area contributed by atoms with E-state index in [9.17, 15) is 19.2 Å². The number of aliphatic carboxylic acids is 2. The van der Waals surface area contributed by atoms with Crippen molar-refractivity contribution in [2.75, 3.05) is 18.1 Å². The first-order chi connectivity index (χ1) is 11.4. The van der Waals surface area contributed by atoms with Crippen LogP contribution >= 0.6 is 11.8 Å². The summed E-state index contributed by atoms with van der Waals surface area (Å²) in [6, 6.07) is -2.06. The summed E-state index contributed by atoms with van der Waals surface area (Å²) in [6.07, 6.45) is -0.195. The maximum absolute atomic E-state index is 12.1. The van der Waals surface area contributed by atoms with Crippen LogP contribution in [0.15, 0.2) is 0 Å². The number of carbonyl (C=O) groups is 4. The van der Waals surface area contributed by atoms with Gasteiger partial charge < -0.3 is 26.6 Å². The minimum Gasteiger partial charge on any atom is -0.480 e. The molecule has 2 unspecified atom stereocenters. The molecule has 0 aliphatic heterocycles. The molecule has 0 aliphatic rings. The molecular formula is C15H27N3O6S. The van der Waals surface area contributed by atoms with E-state index in [0.717, 1.165) is 5.75 Å². The highest BCUT2D eigenvalue weighted by Gasteiger charge is 2.23. The minimum absolute atomic E-state index is 0.0328. The fraction of sp³-hybridized carbons (Fsp3) is 0.733. The third-order valence-corrected chi connectivity index (χ3v) is 4.52. The smallest absolute Gasteiger partial charge is 0.322 e. The number of carboxylic acid groups (broad SMARTS) is 2. The lowest BCUT2D eigenvalue weighted by Crippen LogP contribution is -2.49. The maximum Gasteiger partial charge on any atom is 0.322 e. The van der Waals surface area contributed by atoms with Crippen LogP contribution in [0.2, 0.25) is 0 Å². The number of carboxylic acids is 2. The van der Waals surface area contributed by atoms with Gasteiger partial charge in [-0.3, -0.25) is 19.2 Å². The van der Waals surface area contributed by atoms with E-state index in [1.807, 2.05) is 20.8 Å². The molecule has 9 nitrogen and oxygen atoms in total. The molecule has 0 aliphatic carbocycles. The van der Waals surface area contributed by atoms with Gasteiger partial charge in [0, 0.05) is 12.2 Å². The summed E-state index contributed by atoms with van der Waals surface area (Å²) >= 11 is 1.46. The van der Waals surface area contributed by atoms with E-state index in [4.69, 9.17) is 15.9 Å². The van der Waals surface area contributed by atoms with Crippen molar-refractivity contribution in [3.63, 3.8) is 0 Å². The second kappa shape index (κ2) is 10.9. The molecule has 0 aromatic heterocycles. The Kier molecular flexibility index (Phi) is 10.1. The number of hydrogen-bond acceptors (Lipinski definition) is 6. The van der Waals surface area contributed by atoms with Crippen LogP contribution in [0.25, 0.3) is 0 Å². The molecule has 0 aromatic carbocycles. The average molecular weight is 377 g/mol. The standard InChI is InChI=1S/C15H27N3O6S/c1-15(2,3)8-25-7-10(13(22)17-6-12(20)21)18-11(19)5-4-9(16)14(23)24/h9-10H,4-8,16H2,1-3H3,(H,17,22)(H,18,19)(H,20,21)(H,23,24). The lowest BCUT2D eigenvalue weighted by atomic mass is 10.0. The summed E-state index contributed by atoms with van der Waals surface area (Å²) in [6.45, 7) is 5.56. The highest BCUT2D eigenvalue weighted by atomic mass is 32.2. The van der Waals surface area contributed by atoms with Crippen LogP contribution in [0.3, 0.4) is 0 Å². The number of amides is 2. The van der Waals surface area contributed by atoms with Gasteiger partial charge in [-0.05, 0) is 17.6 Å². The van der Waals surface area contributed by atoms with E-state index in [-0.39, 0.29) is 24.0 Å². The number of nitrogens with two attached hydrogens (primary N) is 1. The van der Waals surface area contributed by atoms with E-state index in [1.165, 1.54) is 11.8 Å². The molecule has 144 valence electrons. The van der Waals surface area contributed by atoms with Gasteiger partial charge in [-0.1, -0.05) is 20.8 Å². The summed E-state index contributed by atoms with van der Waals surface area (Å²) in [7, 11) is 0. The Bertz CT molecular complexity index is 492. The quantitative estimate of drug-likeness (QED) is 0.326. The number of rotatable bonds is 11. The molecule has 10 heteroatoms. The summed E-state index contributed by atoms with van der Waals surface area (Å²) in [5.74, 6) is -2.48. The van der Waals surface area contributed by atoms with Crippen molar-refractivity contribution in [1.29, 1.82) is 0 Å². The van der Waals surface area contributed by atoms with Gasteiger partial charge in [-0.25, -0.2) is 0 Å². The van der Waals surface area contributed by atoms with Crippen LogP contribution < -0.4 is 16.4 Å². The fourth-order valence-corrected chi connectivity index (χ4v) is 2.83.